The fourth-order valence-corrected chi connectivity index (χ4v) is 7.77. The Hall–Kier alpha value is -4.19. The van der Waals surface area contributed by atoms with Crippen molar-refractivity contribution in [2.24, 2.45) is 5.92 Å². The molecule has 8 nitrogen and oxygen atoms in total. The molecule has 46 heavy (non-hydrogen) atoms. The predicted molar refractivity (Wildman–Crippen MR) is 180 cm³/mol. The maximum absolute atomic E-state index is 12.8. The van der Waals surface area contributed by atoms with E-state index >= 15 is 0 Å². The second-order valence-electron chi connectivity index (χ2n) is 11.2. The van der Waals surface area contributed by atoms with Crippen LogP contribution >= 0.6 is 23.1 Å². The van der Waals surface area contributed by atoms with E-state index in [1.165, 1.54) is 10.9 Å². The topological polar surface area (TPSA) is 106 Å². The number of benzene rings is 4. The number of thioether (sulfide) groups is 1. The molecule has 1 aliphatic rings. The molecule has 1 amide bonds. The number of thiazole rings is 1. The van der Waals surface area contributed by atoms with Gasteiger partial charge < -0.3 is 19.9 Å². The minimum Gasteiger partial charge on any atom is -0.392 e. The molecule has 0 radical (unpaired) electrons. The molecule has 2 aromatic heterocycles. The number of rotatable bonds is 9. The zero-order valence-corrected chi connectivity index (χ0v) is 26.7. The first-order valence-corrected chi connectivity index (χ1v) is 16.9. The third kappa shape index (κ3) is 6.67. The SMILES string of the molecule is CC1C(CSc2nc3ccccc3s2)OC(c2ccc(CNC(=O)c3cnc4ccccc4n3)cc2)OC1c1ccc(CO)cc1. The Morgan fingerprint density at radius 3 is 2.30 bits per heavy atom. The fraction of sp³-hybridized carbons (Fsp3) is 0.222. The molecular formula is C36H32N4O4S2. The van der Waals surface area contributed by atoms with Crippen molar-refractivity contribution in [2.75, 3.05) is 5.75 Å². The molecule has 4 unspecified atom stereocenters. The van der Waals surface area contributed by atoms with Crippen LogP contribution in [-0.4, -0.2) is 37.8 Å². The van der Waals surface area contributed by atoms with Gasteiger partial charge in [0.05, 0.1) is 46.3 Å². The molecule has 7 rings (SSSR count). The van der Waals surface area contributed by atoms with Gasteiger partial charge in [-0.2, -0.15) is 0 Å². The van der Waals surface area contributed by atoms with E-state index in [9.17, 15) is 9.90 Å². The van der Waals surface area contributed by atoms with Crippen molar-refractivity contribution in [3.05, 3.63) is 131 Å². The van der Waals surface area contributed by atoms with Gasteiger partial charge in [-0.15, -0.1) is 11.3 Å². The molecule has 6 aromatic rings. The Morgan fingerprint density at radius 2 is 1.54 bits per heavy atom. The van der Waals surface area contributed by atoms with Crippen molar-refractivity contribution in [3.63, 3.8) is 0 Å². The van der Waals surface area contributed by atoms with Gasteiger partial charge >= 0.3 is 0 Å². The highest BCUT2D eigenvalue weighted by Crippen LogP contribution is 2.43. The largest absolute Gasteiger partial charge is 0.392 e. The van der Waals surface area contributed by atoms with Gasteiger partial charge in [0.25, 0.3) is 5.91 Å². The first-order valence-electron chi connectivity index (χ1n) is 15.1. The summed E-state index contributed by atoms with van der Waals surface area (Å²) in [7, 11) is 0. The van der Waals surface area contributed by atoms with Crippen LogP contribution in [0.3, 0.4) is 0 Å². The van der Waals surface area contributed by atoms with Crippen LogP contribution in [0, 0.1) is 5.92 Å². The lowest BCUT2D eigenvalue weighted by Crippen LogP contribution is -2.38. The third-order valence-electron chi connectivity index (χ3n) is 8.15. The van der Waals surface area contributed by atoms with Crippen LogP contribution in [0.15, 0.2) is 108 Å². The summed E-state index contributed by atoms with van der Waals surface area (Å²) in [5, 5.41) is 12.5. The highest BCUT2D eigenvalue weighted by atomic mass is 32.2. The Morgan fingerprint density at radius 1 is 0.848 bits per heavy atom. The summed E-state index contributed by atoms with van der Waals surface area (Å²) in [4.78, 5) is 26.4. The van der Waals surface area contributed by atoms with Gasteiger partial charge in [-0.1, -0.05) is 91.5 Å². The molecular weight excluding hydrogens is 617 g/mol. The van der Waals surface area contributed by atoms with Gasteiger partial charge in [0.1, 0.15) is 5.69 Å². The van der Waals surface area contributed by atoms with Crippen LogP contribution in [0.1, 0.15) is 52.1 Å². The summed E-state index contributed by atoms with van der Waals surface area (Å²) in [5.74, 6) is 0.526. The van der Waals surface area contributed by atoms with Gasteiger partial charge in [-0.3, -0.25) is 9.78 Å². The average molecular weight is 649 g/mol. The summed E-state index contributed by atoms with van der Waals surface area (Å²) in [5.41, 5.74) is 6.46. The van der Waals surface area contributed by atoms with Crippen LogP contribution < -0.4 is 5.32 Å². The molecule has 10 heteroatoms. The van der Waals surface area contributed by atoms with Gasteiger partial charge in [-0.05, 0) is 41.0 Å². The van der Waals surface area contributed by atoms with Gasteiger partial charge in [0.15, 0.2) is 10.6 Å². The van der Waals surface area contributed by atoms with E-state index in [4.69, 9.17) is 14.5 Å². The molecule has 1 saturated heterocycles. The Kier molecular flexibility index (Phi) is 9.05. The molecule has 4 aromatic carbocycles. The molecule has 0 saturated carbocycles. The van der Waals surface area contributed by atoms with E-state index < -0.39 is 6.29 Å². The standard InChI is InChI=1S/C36H32N4O4S2/c1-22-31(21-45-36-40-29-8-4-5-9-32(29)46-36)43-35(44-33(22)25-14-12-24(20-41)13-15-25)26-16-10-23(11-17-26)18-38-34(42)30-19-37-27-6-2-3-7-28(27)39-30/h2-17,19,22,31,33,35,41H,18,20-21H2,1H3,(H,38,42). The molecule has 0 spiro atoms. The Labute approximate surface area is 274 Å². The Balaban J connectivity index is 1.05. The van der Waals surface area contributed by atoms with E-state index in [0.717, 1.165) is 43.4 Å². The zero-order chi connectivity index (χ0) is 31.5. The third-order valence-corrected chi connectivity index (χ3v) is 10.4. The number of hydrogen-bond acceptors (Lipinski definition) is 9. The number of ether oxygens (including phenoxy) is 2. The predicted octanol–water partition coefficient (Wildman–Crippen LogP) is 7.25. The van der Waals surface area contributed by atoms with Crippen molar-refractivity contribution in [3.8, 4) is 0 Å². The summed E-state index contributed by atoms with van der Waals surface area (Å²) >= 11 is 3.41. The van der Waals surface area contributed by atoms with Crippen molar-refractivity contribution < 1.29 is 19.4 Å². The van der Waals surface area contributed by atoms with Gasteiger partial charge in [0, 0.05) is 23.8 Å². The van der Waals surface area contributed by atoms with Gasteiger partial charge in [0.2, 0.25) is 0 Å². The van der Waals surface area contributed by atoms with Crippen LogP contribution in [0.4, 0.5) is 0 Å². The average Bonchev–Trinajstić information content (AvgIpc) is 3.53. The van der Waals surface area contributed by atoms with Crippen LogP contribution in [0.2, 0.25) is 0 Å². The summed E-state index contributed by atoms with van der Waals surface area (Å²) in [6.07, 6.45) is 0.629. The van der Waals surface area contributed by atoms with Crippen LogP contribution in [0.25, 0.3) is 21.3 Å². The van der Waals surface area contributed by atoms with E-state index in [-0.39, 0.29) is 36.3 Å². The molecule has 1 fully saturated rings. The van der Waals surface area contributed by atoms with E-state index in [1.807, 2.05) is 91.0 Å². The summed E-state index contributed by atoms with van der Waals surface area (Å²) in [6, 6.07) is 31.5. The van der Waals surface area contributed by atoms with Crippen LogP contribution in [-0.2, 0) is 22.6 Å². The number of carbonyl (C=O) groups is 1. The first-order chi connectivity index (χ1) is 22.5. The molecule has 1 aliphatic heterocycles. The lowest BCUT2D eigenvalue weighted by Gasteiger charge is -2.41. The lowest BCUT2D eigenvalue weighted by atomic mass is 9.91. The number of para-hydroxylation sites is 3. The second-order valence-corrected chi connectivity index (χ2v) is 13.5. The normalized spacial score (nSPS) is 19.8. The molecule has 0 bridgehead atoms. The van der Waals surface area contributed by atoms with Crippen molar-refractivity contribution in [2.45, 2.75) is 42.9 Å². The summed E-state index contributed by atoms with van der Waals surface area (Å²) < 4.78 is 15.4. The smallest absolute Gasteiger partial charge is 0.271 e. The van der Waals surface area contributed by atoms with E-state index in [1.54, 1.807) is 23.1 Å². The molecule has 4 atom stereocenters. The number of carbonyl (C=O) groups excluding carboxylic acids is 1. The maximum Gasteiger partial charge on any atom is 0.271 e. The van der Waals surface area contributed by atoms with E-state index in [2.05, 4.69) is 28.3 Å². The molecule has 0 aliphatic carbocycles. The highest BCUT2D eigenvalue weighted by Gasteiger charge is 2.38. The number of nitrogens with zero attached hydrogens (tertiary/aromatic N) is 3. The fourth-order valence-electron chi connectivity index (χ4n) is 5.51. The Bertz CT molecular complexity index is 1930. The maximum atomic E-state index is 12.8. The molecule has 3 heterocycles. The van der Waals surface area contributed by atoms with Crippen molar-refractivity contribution in [1.29, 1.82) is 0 Å². The first kappa shape index (κ1) is 30.5. The monoisotopic (exact) mass is 648 g/mol. The van der Waals surface area contributed by atoms with Crippen LogP contribution in [0.5, 0.6) is 0 Å². The number of aromatic nitrogens is 3. The summed E-state index contributed by atoms with van der Waals surface area (Å²) in [6.45, 7) is 2.51. The number of fused-ring (bicyclic) bond motifs is 2. The molecule has 232 valence electrons. The highest BCUT2D eigenvalue weighted by molar-refractivity contribution is 8.01. The number of aliphatic hydroxyl groups is 1. The van der Waals surface area contributed by atoms with Gasteiger partial charge in [-0.25, -0.2) is 9.97 Å². The minimum absolute atomic E-state index is 0.00299. The molecule has 2 N–H and O–H groups in total. The lowest BCUT2D eigenvalue weighted by molar-refractivity contribution is -0.268. The number of hydrogen-bond donors (Lipinski definition) is 2. The number of amides is 1. The zero-order valence-electron chi connectivity index (χ0n) is 25.1. The second kappa shape index (κ2) is 13.7. The van der Waals surface area contributed by atoms with Crippen molar-refractivity contribution >= 4 is 50.3 Å². The number of aliphatic hydroxyl groups excluding tert-OH is 1. The van der Waals surface area contributed by atoms with E-state index in [0.29, 0.717) is 12.1 Å². The van der Waals surface area contributed by atoms with Crippen molar-refractivity contribution in [1.82, 2.24) is 20.3 Å². The number of nitrogens with one attached hydrogen (secondary N) is 1. The quantitative estimate of drug-likeness (QED) is 0.158. The minimum atomic E-state index is -0.573.